The van der Waals surface area contributed by atoms with Crippen LogP contribution in [-0.2, 0) is 9.47 Å². The van der Waals surface area contributed by atoms with Gasteiger partial charge in [0.15, 0.2) is 0 Å². The molecule has 0 aromatic heterocycles. The van der Waals surface area contributed by atoms with Gasteiger partial charge < -0.3 is 14.8 Å². The summed E-state index contributed by atoms with van der Waals surface area (Å²) in [6.45, 7) is 1.66. The van der Waals surface area contributed by atoms with Gasteiger partial charge in [0.25, 0.3) is 0 Å². The monoisotopic (exact) mass is 145 g/mol. The van der Waals surface area contributed by atoms with E-state index >= 15 is 0 Å². The molecule has 4 heteroatoms. The van der Waals surface area contributed by atoms with E-state index in [1.807, 2.05) is 0 Å². The summed E-state index contributed by atoms with van der Waals surface area (Å²) in [5.74, 6) is 0. The molecule has 4 nitrogen and oxygen atoms in total. The molecule has 10 heavy (non-hydrogen) atoms. The van der Waals surface area contributed by atoms with Crippen molar-refractivity contribution in [3.8, 4) is 0 Å². The van der Waals surface area contributed by atoms with Gasteiger partial charge in [0, 0.05) is 6.54 Å². The lowest BCUT2D eigenvalue weighted by Crippen LogP contribution is -2.20. The van der Waals surface area contributed by atoms with Crippen molar-refractivity contribution in [2.24, 2.45) is 0 Å². The fraction of sp³-hybridized carbons (Fsp3) is 0.833. The number of rotatable bonds is 1. The molecule has 1 N–H and O–H groups in total. The molecule has 1 atom stereocenters. The maximum Gasteiger partial charge on any atom is 0.508 e. The first kappa shape index (κ1) is 7.34. The van der Waals surface area contributed by atoms with Gasteiger partial charge in [-0.15, -0.1) is 0 Å². The third-order valence-corrected chi connectivity index (χ3v) is 1.44. The molecular weight excluding hydrogens is 134 g/mol. The second kappa shape index (κ2) is 3.41. The van der Waals surface area contributed by atoms with Gasteiger partial charge in [0.05, 0.1) is 7.11 Å². The fourth-order valence-electron chi connectivity index (χ4n) is 0.913. The molecule has 1 saturated heterocycles. The van der Waals surface area contributed by atoms with Gasteiger partial charge in [-0.3, -0.25) is 0 Å². The van der Waals surface area contributed by atoms with Gasteiger partial charge in [-0.25, -0.2) is 4.79 Å². The SMILES string of the molecule is COC(=O)O[C@@H]1CCNC1. The summed E-state index contributed by atoms with van der Waals surface area (Å²) in [5, 5.41) is 3.07. The van der Waals surface area contributed by atoms with E-state index in [-0.39, 0.29) is 6.10 Å². The molecule has 0 saturated carbocycles. The van der Waals surface area contributed by atoms with Crippen LogP contribution in [0.15, 0.2) is 0 Å². The number of methoxy groups -OCH3 is 1. The van der Waals surface area contributed by atoms with Crippen molar-refractivity contribution < 1.29 is 14.3 Å². The van der Waals surface area contributed by atoms with Crippen molar-refractivity contribution in [3.63, 3.8) is 0 Å². The van der Waals surface area contributed by atoms with E-state index in [0.29, 0.717) is 0 Å². The van der Waals surface area contributed by atoms with Gasteiger partial charge in [0.2, 0.25) is 0 Å². The molecule has 1 rings (SSSR count). The second-order valence-corrected chi connectivity index (χ2v) is 2.19. The number of hydrogen-bond donors (Lipinski definition) is 1. The summed E-state index contributed by atoms with van der Waals surface area (Å²) in [5.41, 5.74) is 0. The van der Waals surface area contributed by atoms with Gasteiger partial charge in [-0.2, -0.15) is 0 Å². The van der Waals surface area contributed by atoms with Gasteiger partial charge in [-0.1, -0.05) is 0 Å². The highest BCUT2D eigenvalue weighted by molar-refractivity contribution is 5.59. The molecule has 1 aliphatic rings. The Hall–Kier alpha value is -0.770. The zero-order valence-corrected chi connectivity index (χ0v) is 5.92. The highest BCUT2D eigenvalue weighted by Crippen LogP contribution is 2.03. The van der Waals surface area contributed by atoms with Crippen LogP contribution >= 0.6 is 0 Å². The maximum absolute atomic E-state index is 10.5. The number of ether oxygens (including phenoxy) is 2. The summed E-state index contributed by atoms with van der Waals surface area (Å²) in [4.78, 5) is 10.5. The number of carbonyl (C=O) groups excluding carboxylic acids is 1. The molecule has 1 aliphatic heterocycles. The van der Waals surface area contributed by atoms with Crippen LogP contribution in [0.2, 0.25) is 0 Å². The van der Waals surface area contributed by atoms with Crippen LogP contribution in [0.25, 0.3) is 0 Å². The van der Waals surface area contributed by atoms with Crippen molar-refractivity contribution in [1.82, 2.24) is 5.32 Å². The minimum atomic E-state index is -0.589. The minimum Gasteiger partial charge on any atom is -0.438 e. The van der Waals surface area contributed by atoms with Gasteiger partial charge in [0.1, 0.15) is 6.10 Å². The summed E-state index contributed by atoms with van der Waals surface area (Å²) in [6, 6.07) is 0. The van der Waals surface area contributed by atoms with Crippen molar-refractivity contribution in [1.29, 1.82) is 0 Å². The van der Waals surface area contributed by atoms with Crippen LogP contribution in [0.3, 0.4) is 0 Å². The fourth-order valence-corrected chi connectivity index (χ4v) is 0.913. The normalized spacial score (nSPS) is 24.3. The predicted molar refractivity (Wildman–Crippen MR) is 34.8 cm³/mol. The van der Waals surface area contributed by atoms with E-state index in [1.54, 1.807) is 0 Å². The van der Waals surface area contributed by atoms with Crippen LogP contribution < -0.4 is 5.32 Å². The summed E-state index contributed by atoms with van der Waals surface area (Å²) in [7, 11) is 1.31. The summed E-state index contributed by atoms with van der Waals surface area (Å²) < 4.78 is 9.16. The molecule has 1 fully saturated rings. The first-order valence-corrected chi connectivity index (χ1v) is 3.28. The standard InChI is InChI=1S/C6H11NO3/c1-9-6(8)10-5-2-3-7-4-5/h5,7H,2-4H2,1H3/t5-/m1/s1. The quantitative estimate of drug-likeness (QED) is 0.533. The lowest BCUT2D eigenvalue weighted by atomic mass is 10.3. The first-order chi connectivity index (χ1) is 4.83. The molecule has 1 heterocycles. The summed E-state index contributed by atoms with van der Waals surface area (Å²) >= 11 is 0. The molecule has 0 aliphatic carbocycles. The second-order valence-electron chi connectivity index (χ2n) is 2.19. The summed E-state index contributed by atoms with van der Waals surface area (Å²) in [6.07, 6.45) is 0.302. The van der Waals surface area contributed by atoms with E-state index < -0.39 is 6.16 Å². The zero-order chi connectivity index (χ0) is 7.40. The molecule has 0 amide bonds. The third-order valence-electron chi connectivity index (χ3n) is 1.44. The van der Waals surface area contributed by atoms with Crippen LogP contribution in [0.5, 0.6) is 0 Å². The Balaban J connectivity index is 2.17. The van der Waals surface area contributed by atoms with Gasteiger partial charge in [-0.05, 0) is 13.0 Å². The van der Waals surface area contributed by atoms with E-state index in [4.69, 9.17) is 4.74 Å². The van der Waals surface area contributed by atoms with Crippen LogP contribution in [0.1, 0.15) is 6.42 Å². The Morgan fingerprint density at radius 1 is 1.70 bits per heavy atom. The number of hydrogen-bond acceptors (Lipinski definition) is 4. The van der Waals surface area contributed by atoms with E-state index in [0.717, 1.165) is 19.5 Å². The Bertz CT molecular complexity index is 120. The Kier molecular flexibility index (Phi) is 2.50. The van der Waals surface area contributed by atoms with E-state index in [9.17, 15) is 4.79 Å². The van der Waals surface area contributed by atoms with Crippen molar-refractivity contribution in [2.75, 3.05) is 20.2 Å². The highest BCUT2D eigenvalue weighted by Gasteiger charge is 2.18. The van der Waals surface area contributed by atoms with Crippen LogP contribution in [-0.4, -0.2) is 32.5 Å². The molecule has 0 radical (unpaired) electrons. The Labute approximate surface area is 59.5 Å². The minimum absolute atomic E-state index is 0.00690. The lowest BCUT2D eigenvalue weighted by molar-refractivity contribution is 0.0439. The average Bonchev–Trinajstić information content (AvgIpc) is 2.40. The zero-order valence-electron chi connectivity index (χ0n) is 5.92. The smallest absolute Gasteiger partial charge is 0.438 e. The molecule has 0 spiro atoms. The van der Waals surface area contributed by atoms with Gasteiger partial charge >= 0.3 is 6.16 Å². The predicted octanol–water partition coefficient (Wildman–Crippen LogP) is 0.131. The van der Waals surface area contributed by atoms with Crippen molar-refractivity contribution in [2.45, 2.75) is 12.5 Å². The molecule has 58 valence electrons. The van der Waals surface area contributed by atoms with Crippen molar-refractivity contribution >= 4 is 6.16 Å². The molecule has 0 aromatic rings. The first-order valence-electron chi connectivity index (χ1n) is 3.28. The molecule has 0 unspecified atom stereocenters. The molecule has 0 aromatic carbocycles. The maximum atomic E-state index is 10.5. The lowest BCUT2D eigenvalue weighted by Gasteiger charge is -2.07. The molecule has 0 bridgehead atoms. The number of nitrogens with one attached hydrogen (secondary N) is 1. The number of carbonyl (C=O) groups is 1. The Morgan fingerprint density at radius 3 is 3.00 bits per heavy atom. The van der Waals surface area contributed by atoms with Crippen LogP contribution in [0.4, 0.5) is 4.79 Å². The van der Waals surface area contributed by atoms with Crippen molar-refractivity contribution in [3.05, 3.63) is 0 Å². The third kappa shape index (κ3) is 1.88. The van der Waals surface area contributed by atoms with E-state index in [2.05, 4.69) is 10.1 Å². The Morgan fingerprint density at radius 2 is 2.50 bits per heavy atom. The van der Waals surface area contributed by atoms with Crippen LogP contribution in [0, 0.1) is 0 Å². The highest BCUT2D eigenvalue weighted by atomic mass is 16.7. The topological polar surface area (TPSA) is 47.6 Å². The van der Waals surface area contributed by atoms with E-state index in [1.165, 1.54) is 7.11 Å². The average molecular weight is 145 g/mol. The molecular formula is C6H11NO3. The largest absolute Gasteiger partial charge is 0.508 e.